The molecule has 2 aromatic rings. The zero-order valence-electron chi connectivity index (χ0n) is 41.6. The number of amides is 1. The molecule has 1 aromatic heterocycles. The molecule has 1 unspecified atom stereocenters. The zero-order valence-corrected chi connectivity index (χ0v) is 42.3. The number of ether oxygens (including phenoxy) is 4. The van der Waals surface area contributed by atoms with Crippen LogP contribution in [0.15, 0.2) is 23.1 Å². The summed E-state index contributed by atoms with van der Waals surface area (Å²) in [7, 11) is 3.65. The Bertz CT molecular complexity index is 2250. The Morgan fingerprint density at radius 2 is 1.67 bits per heavy atom. The summed E-state index contributed by atoms with van der Waals surface area (Å²) in [6.07, 6.45) is -4.41. The Balaban J connectivity index is 1.25. The van der Waals surface area contributed by atoms with Crippen molar-refractivity contribution in [2.24, 2.45) is 17.8 Å². The van der Waals surface area contributed by atoms with Gasteiger partial charge in [-0.25, -0.2) is 4.79 Å². The first-order valence-corrected chi connectivity index (χ1v) is 24.7. The predicted molar refractivity (Wildman–Crippen MR) is 256 cm³/mol. The van der Waals surface area contributed by atoms with Crippen LogP contribution in [0.25, 0.3) is 10.9 Å². The van der Waals surface area contributed by atoms with E-state index in [1.54, 1.807) is 39.8 Å². The van der Waals surface area contributed by atoms with E-state index in [-0.39, 0.29) is 55.1 Å². The average Bonchev–Trinajstić information content (AvgIpc) is 4.14. The molecule has 20 heteroatoms. The third-order valence-electron chi connectivity index (χ3n) is 14.8. The Labute approximate surface area is 408 Å². The molecule has 386 valence electrons. The van der Waals surface area contributed by atoms with Crippen molar-refractivity contribution < 1.29 is 63.7 Å². The number of esters is 1. The number of nitrogens with zero attached hydrogens (tertiary/aromatic N) is 4. The van der Waals surface area contributed by atoms with Crippen LogP contribution in [0.3, 0.4) is 0 Å². The summed E-state index contributed by atoms with van der Waals surface area (Å²) >= 11 is 6.85. The molecule has 3 saturated heterocycles. The highest BCUT2D eigenvalue weighted by Gasteiger charge is 2.51. The standard InChI is InChI=1S/C49H74ClN5O14/c1-11-38-49(8,65)42(60)29(6)44(61)51-25(2)21-48(7,43(27(4)39(57)28(5)46(64)68-38)69-47-41(59)37(52(9)10)18-26(3)67-47)66-24-31(56)22-53-14-16-54(17-15-53)36-19-32-35(20-34(36)50)55(30-12-13-30)23-33(40(32)58)45(62)63/h19-20,23,25-31,37-38,41-43,47,56,59-60,65H,11-18,21-22,24H2,1-10H3,(H,51,61)(H,62,63)/t25-,26-,27+,28-,29-,31?,37+,38-,41-,42+,43-,47+,48-,49+/m1/s1. The van der Waals surface area contributed by atoms with Gasteiger partial charge in [-0.15, -0.1) is 0 Å². The number of rotatable bonds is 12. The number of piperazine rings is 1. The smallest absolute Gasteiger partial charge is 0.341 e. The number of carboxylic acids is 1. The van der Waals surface area contributed by atoms with E-state index in [1.807, 2.05) is 40.3 Å². The lowest BCUT2D eigenvalue weighted by Crippen LogP contribution is -2.60. The number of carbonyl (C=O) groups excluding carboxylic acids is 3. The van der Waals surface area contributed by atoms with Gasteiger partial charge in [0, 0.05) is 68.4 Å². The highest BCUT2D eigenvalue weighted by molar-refractivity contribution is 6.34. The number of ketones is 1. The van der Waals surface area contributed by atoms with Gasteiger partial charge in [0.25, 0.3) is 0 Å². The molecule has 1 saturated carbocycles. The van der Waals surface area contributed by atoms with E-state index >= 15 is 0 Å². The Hall–Kier alpha value is -3.76. The first kappa shape index (κ1) is 54.6. The average molecular weight is 993 g/mol. The van der Waals surface area contributed by atoms with Crippen LogP contribution in [-0.4, -0.2) is 183 Å². The second kappa shape index (κ2) is 21.9. The molecule has 1 aromatic carbocycles. The van der Waals surface area contributed by atoms with Gasteiger partial charge < -0.3 is 64.2 Å². The minimum absolute atomic E-state index is 0.0241. The molecule has 19 nitrogen and oxygen atoms in total. The van der Waals surface area contributed by atoms with Gasteiger partial charge in [0.15, 0.2) is 12.1 Å². The van der Waals surface area contributed by atoms with E-state index in [9.17, 15) is 49.5 Å². The quantitative estimate of drug-likeness (QED) is 0.132. The SMILES string of the molecule is CC[C@H]1OC(=O)[C@H](C)C(=O)[C@H](C)[C@@H](O[C@@H]2O[C@H](C)C[C@H](N(C)C)[C@H]2O)[C@](C)(OCC(O)CN2CCN(c3cc4c(=O)c(C(=O)O)cn(C5CC5)c4cc3Cl)CC2)C[C@@H](C)NC(=O)[C@H](C)[C@H](O)[C@@]1(C)O. The van der Waals surface area contributed by atoms with E-state index in [0.717, 1.165) is 12.8 Å². The molecule has 6 rings (SSSR count). The Kier molecular flexibility index (Phi) is 17.3. The molecular formula is C49H74ClN5O14. The molecular weight excluding hydrogens is 918 g/mol. The lowest BCUT2D eigenvalue weighted by Gasteiger charge is -2.47. The number of halogens is 1. The van der Waals surface area contributed by atoms with Crippen LogP contribution in [0.4, 0.5) is 5.69 Å². The summed E-state index contributed by atoms with van der Waals surface area (Å²) in [5.41, 5.74) is -3.29. The molecule has 3 aliphatic heterocycles. The van der Waals surface area contributed by atoms with Gasteiger partial charge in [0.05, 0.1) is 58.8 Å². The van der Waals surface area contributed by atoms with Gasteiger partial charge in [0.1, 0.15) is 29.3 Å². The van der Waals surface area contributed by atoms with Gasteiger partial charge in [-0.3, -0.25) is 24.1 Å². The van der Waals surface area contributed by atoms with Crippen molar-refractivity contribution in [1.82, 2.24) is 19.7 Å². The maximum atomic E-state index is 14.5. The monoisotopic (exact) mass is 991 g/mol. The number of pyridine rings is 1. The molecule has 1 amide bonds. The first-order valence-electron chi connectivity index (χ1n) is 24.3. The van der Waals surface area contributed by atoms with Crippen LogP contribution in [0.5, 0.6) is 0 Å². The predicted octanol–water partition coefficient (Wildman–Crippen LogP) is 2.58. The number of anilines is 1. The zero-order chi connectivity index (χ0) is 51.0. The number of Topliss-reactive ketones (excluding diaryl/α,β-unsaturated/α-hetero) is 1. The lowest BCUT2D eigenvalue weighted by molar-refractivity contribution is -0.298. The van der Waals surface area contributed by atoms with Crippen molar-refractivity contribution in [2.75, 3.05) is 58.3 Å². The van der Waals surface area contributed by atoms with Crippen LogP contribution < -0.4 is 15.6 Å². The van der Waals surface area contributed by atoms with Gasteiger partial charge in [-0.1, -0.05) is 32.4 Å². The molecule has 4 fully saturated rings. The van der Waals surface area contributed by atoms with E-state index in [4.69, 9.17) is 30.5 Å². The van der Waals surface area contributed by atoms with Gasteiger partial charge >= 0.3 is 11.9 Å². The number of aromatic carboxylic acids is 1. The summed E-state index contributed by atoms with van der Waals surface area (Å²) in [5, 5.41) is 59.6. The molecule has 6 N–H and O–H groups in total. The number of aliphatic hydroxyl groups excluding tert-OH is 3. The first-order chi connectivity index (χ1) is 32.3. The normalized spacial score (nSPS) is 35.3. The highest BCUT2D eigenvalue weighted by atomic mass is 35.5. The maximum absolute atomic E-state index is 14.5. The van der Waals surface area contributed by atoms with Crippen LogP contribution in [0.1, 0.15) is 104 Å². The number of carbonyl (C=O) groups is 4. The molecule has 0 spiro atoms. The number of nitrogens with one attached hydrogen (secondary N) is 1. The van der Waals surface area contributed by atoms with Crippen LogP contribution in [0, 0.1) is 17.8 Å². The molecule has 4 heterocycles. The van der Waals surface area contributed by atoms with E-state index in [0.29, 0.717) is 48.8 Å². The fraction of sp³-hybridized carbons (Fsp3) is 0.735. The third kappa shape index (κ3) is 12.0. The highest BCUT2D eigenvalue weighted by Crippen LogP contribution is 2.40. The largest absolute Gasteiger partial charge is 0.477 e. The Morgan fingerprint density at radius 1 is 1.01 bits per heavy atom. The van der Waals surface area contributed by atoms with E-state index in [1.165, 1.54) is 27.0 Å². The number of fused-ring (bicyclic) bond motifs is 1. The van der Waals surface area contributed by atoms with Crippen molar-refractivity contribution >= 4 is 51.8 Å². The summed E-state index contributed by atoms with van der Waals surface area (Å²) in [6.45, 7) is 14.4. The fourth-order valence-electron chi connectivity index (χ4n) is 10.5. The van der Waals surface area contributed by atoms with Gasteiger partial charge in [0.2, 0.25) is 11.3 Å². The second-order valence-electron chi connectivity index (χ2n) is 20.7. The summed E-state index contributed by atoms with van der Waals surface area (Å²) in [5.74, 6) is -7.16. The lowest BCUT2D eigenvalue weighted by atomic mass is 9.79. The molecule has 4 aliphatic rings. The maximum Gasteiger partial charge on any atom is 0.341 e. The number of cyclic esters (lactones) is 1. The van der Waals surface area contributed by atoms with E-state index < -0.39 is 101 Å². The number of aromatic nitrogens is 1. The van der Waals surface area contributed by atoms with Crippen molar-refractivity contribution in [3.05, 3.63) is 39.1 Å². The second-order valence-corrected chi connectivity index (χ2v) is 21.1. The summed E-state index contributed by atoms with van der Waals surface area (Å²) < 4.78 is 27.2. The molecule has 0 radical (unpaired) electrons. The van der Waals surface area contributed by atoms with Crippen molar-refractivity contribution in [3.63, 3.8) is 0 Å². The third-order valence-corrected chi connectivity index (χ3v) is 15.1. The number of likely N-dealkylation sites (N-methyl/N-ethyl adjacent to an activating group) is 1. The molecule has 0 bridgehead atoms. The van der Waals surface area contributed by atoms with Crippen LogP contribution >= 0.6 is 11.6 Å². The van der Waals surface area contributed by atoms with E-state index in [2.05, 4.69) is 5.32 Å². The number of hydrogen-bond donors (Lipinski definition) is 6. The van der Waals surface area contributed by atoms with Crippen LogP contribution in [-0.2, 0) is 33.3 Å². The van der Waals surface area contributed by atoms with Gasteiger partial charge in [-0.05, 0) is 93.0 Å². The summed E-state index contributed by atoms with van der Waals surface area (Å²) in [6, 6.07) is 2.39. The topological polar surface area (TPSA) is 250 Å². The number of hydrogen-bond acceptors (Lipinski definition) is 16. The fourth-order valence-corrected chi connectivity index (χ4v) is 10.7. The summed E-state index contributed by atoms with van der Waals surface area (Å²) in [4.78, 5) is 73.4. The molecule has 14 atom stereocenters. The molecule has 69 heavy (non-hydrogen) atoms. The van der Waals surface area contributed by atoms with Crippen molar-refractivity contribution in [3.8, 4) is 0 Å². The minimum atomic E-state index is -2.07. The van der Waals surface area contributed by atoms with Crippen molar-refractivity contribution in [2.45, 2.75) is 160 Å². The van der Waals surface area contributed by atoms with Crippen molar-refractivity contribution in [1.29, 1.82) is 0 Å². The number of carboxylic acid groups (broad SMARTS) is 1. The number of benzene rings is 1. The minimum Gasteiger partial charge on any atom is -0.477 e. The number of aliphatic hydroxyl groups is 4. The number of β-amino-alcohol motifs (C(OH)–C–C–N with tert-alkyl or cyclic N) is 1. The Morgan fingerprint density at radius 3 is 2.26 bits per heavy atom. The van der Waals surface area contributed by atoms with Gasteiger partial charge in [-0.2, -0.15) is 0 Å². The van der Waals surface area contributed by atoms with Crippen LogP contribution in [0.2, 0.25) is 5.02 Å². The molecule has 1 aliphatic carbocycles.